The number of anilines is 2. The van der Waals surface area contributed by atoms with E-state index in [9.17, 15) is 9.59 Å². The molecule has 3 aromatic rings. The van der Waals surface area contributed by atoms with Gasteiger partial charge in [0.05, 0.1) is 7.11 Å². The van der Waals surface area contributed by atoms with Crippen LogP contribution in [0.15, 0.2) is 54.7 Å². The molecule has 0 saturated heterocycles. The number of hydrazine groups is 1. The SMILES string of the molecule is COc1ccnc(NNC(=O)c2ccc(NC(=O)c3cc(Cl)cc(Cl)c3)cc2)n1. The second-order valence-electron chi connectivity index (χ2n) is 5.69. The van der Waals surface area contributed by atoms with E-state index in [0.717, 1.165) is 0 Å². The molecule has 0 saturated carbocycles. The zero-order valence-electron chi connectivity index (χ0n) is 15.1. The fraction of sp³-hybridized carbons (Fsp3) is 0.0526. The van der Waals surface area contributed by atoms with Gasteiger partial charge in [0.2, 0.25) is 11.8 Å². The molecule has 0 spiro atoms. The lowest BCUT2D eigenvalue weighted by Gasteiger charge is -2.09. The summed E-state index contributed by atoms with van der Waals surface area (Å²) >= 11 is 11.8. The minimum Gasteiger partial charge on any atom is -0.481 e. The van der Waals surface area contributed by atoms with Crippen molar-refractivity contribution >= 4 is 46.7 Å². The van der Waals surface area contributed by atoms with Gasteiger partial charge in [0.25, 0.3) is 11.8 Å². The first-order chi connectivity index (χ1) is 13.9. The van der Waals surface area contributed by atoms with Crippen LogP contribution in [-0.4, -0.2) is 28.9 Å². The van der Waals surface area contributed by atoms with Crippen LogP contribution in [0.3, 0.4) is 0 Å². The van der Waals surface area contributed by atoms with Gasteiger partial charge in [-0.25, -0.2) is 4.98 Å². The molecule has 8 nitrogen and oxygen atoms in total. The number of nitrogens with zero attached hydrogens (tertiary/aromatic N) is 2. The van der Waals surface area contributed by atoms with E-state index >= 15 is 0 Å². The zero-order valence-corrected chi connectivity index (χ0v) is 16.6. The standard InChI is InChI=1S/C19H15Cl2N5O3/c1-29-16-6-7-22-19(24-16)26-25-18(28)11-2-4-15(5-3-11)23-17(27)12-8-13(20)10-14(21)9-12/h2-10H,1H3,(H,23,27)(H,25,28)(H,22,24,26). The number of methoxy groups -OCH3 is 1. The summed E-state index contributed by atoms with van der Waals surface area (Å²) in [6.07, 6.45) is 1.49. The van der Waals surface area contributed by atoms with E-state index in [0.29, 0.717) is 32.7 Å². The van der Waals surface area contributed by atoms with E-state index in [1.165, 1.54) is 31.5 Å². The summed E-state index contributed by atoms with van der Waals surface area (Å²) in [5, 5.41) is 3.44. The number of aromatic nitrogens is 2. The van der Waals surface area contributed by atoms with Gasteiger partial charge in [0.15, 0.2) is 0 Å². The third-order valence-corrected chi connectivity index (χ3v) is 4.09. The fourth-order valence-corrected chi connectivity index (χ4v) is 2.82. The molecule has 10 heteroatoms. The van der Waals surface area contributed by atoms with Gasteiger partial charge in [-0.15, -0.1) is 0 Å². The van der Waals surface area contributed by atoms with Crippen molar-refractivity contribution in [2.45, 2.75) is 0 Å². The molecular weight excluding hydrogens is 417 g/mol. The second-order valence-corrected chi connectivity index (χ2v) is 6.56. The topological polar surface area (TPSA) is 105 Å². The zero-order chi connectivity index (χ0) is 20.8. The molecule has 148 valence electrons. The number of hydrogen-bond acceptors (Lipinski definition) is 6. The van der Waals surface area contributed by atoms with Gasteiger partial charge < -0.3 is 10.1 Å². The van der Waals surface area contributed by atoms with Crippen molar-refractivity contribution in [1.29, 1.82) is 0 Å². The third-order valence-electron chi connectivity index (χ3n) is 3.66. The van der Waals surface area contributed by atoms with Crippen LogP contribution in [0.25, 0.3) is 0 Å². The number of amides is 2. The summed E-state index contributed by atoms with van der Waals surface area (Å²) in [4.78, 5) is 32.5. The number of carbonyl (C=O) groups excluding carboxylic acids is 2. The molecule has 3 N–H and O–H groups in total. The van der Waals surface area contributed by atoms with E-state index in [-0.39, 0.29) is 11.9 Å². The highest BCUT2D eigenvalue weighted by molar-refractivity contribution is 6.35. The summed E-state index contributed by atoms with van der Waals surface area (Å²) in [5.41, 5.74) is 6.28. The van der Waals surface area contributed by atoms with Gasteiger partial charge in [-0.05, 0) is 42.5 Å². The molecule has 0 atom stereocenters. The summed E-state index contributed by atoms with van der Waals surface area (Å²) in [6.45, 7) is 0. The number of rotatable bonds is 6. The molecule has 0 radical (unpaired) electrons. The fourth-order valence-electron chi connectivity index (χ4n) is 2.29. The van der Waals surface area contributed by atoms with Crippen molar-refractivity contribution in [2.24, 2.45) is 0 Å². The highest BCUT2D eigenvalue weighted by atomic mass is 35.5. The molecule has 0 aliphatic carbocycles. The lowest BCUT2D eigenvalue weighted by molar-refractivity contribution is 0.0961. The molecule has 0 aliphatic rings. The maximum Gasteiger partial charge on any atom is 0.269 e. The predicted octanol–water partition coefficient (Wildman–Crippen LogP) is 3.80. The lowest BCUT2D eigenvalue weighted by Crippen LogP contribution is -2.30. The normalized spacial score (nSPS) is 10.2. The van der Waals surface area contributed by atoms with Gasteiger partial charge in [-0.2, -0.15) is 4.98 Å². The Hall–Kier alpha value is -3.36. The maximum atomic E-state index is 12.3. The highest BCUT2D eigenvalue weighted by Crippen LogP contribution is 2.20. The summed E-state index contributed by atoms with van der Waals surface area (Å²) < 4.78 is 4.98. The average Bonchev–Trinajstić information content (AvgIpc) is 2.72. The number of ether oxygens (including phenoxy) is 1. The lowest BCUT2D eigenvalue weighted by atomic mass is 10.1. The molecule has 3 rings (SSSR count). The molecular formula is C19H15Cl2N5O3. The van der Waals surface area contributed by atoms with Gasteiger partial charge in [0, 0.05) is 39.1 Å². The van der Waals surface area contributed by atoms with Crippen LogP contribution in [0.4, 0.5) is 11.6 Å². The van der Waals surface area contributed by atoms with Crippen molar-refractivity contribution in [3.8, 4) is 5.88 Å². The quantitative estimate of drug-likeness (QED) is 0.512. The number of benzene rings is 2. The maximum absolute atomic E-state index is 12.3. The Labute approximate surface area is 176 Å². The van der Waals surface area contributed by atoms with E-state index in [2.05, 4.69) is 26.1 Å². The van der Waals surface area contributed by atoms with Gasteiger partial charge in [-0.3, -0.25) is 20.4 Å². The van der Waals surface area contributed by atoms with Crippen LogP contribution in [-0.2, 0) is 0 Å². The molecule has 0 fully saturated rings. The average molecular weight is 432 g/mol. The van der Waals surface area contributed by atoms with Crippen LogP contribution < -0.4 is 20.9 Å². The van der Waals surface area contributed by atoms with Crippen molar-refractivity contribution in [3.05, 3.63) is 75.9 Å². The van der Waals surface area contributed by atoms with E-state index in [1.807, 2.05) is 0 Å². The molecule has 0 aliphatic heterocycles. The number of nitrogens with one attached hydrogen (secondary N) is 3. The molecule has 2 amide bonds. The molecule has 29 heavy (non-hydrogen) atoms. The molecule has 0 unspecified atom stereocenters. The molecule has 1 aromatic heterocycles. The van der Waals surface area contributed by atoms with Crippen molar-refractivity contribution in [1.82, 2.24) is 15.4 Å². The molecule has 1 heterocycles. The smallest absolute Gasteiger partial charge is 0.269 e. The Bertz CT molecular complexity index is 1020. The summed E-state index contributed by atoms with van der Waals surface area (Å²) in [6, 6.07) is 12.5. The van der Waals surface area contributed by atoms with Crippen LogP contribution in [0, 0.1) is 0 Å². The Kier molecular flexibility index (Phi) is 6.48. The van der Waals surface area contributed by atoms with Crippen molar-refractivity contribution in [3.63, 3.8) is 0 Å². The first-order valence-corrected chi connectivity index (χ1v) is 9.01. The van der Waals surface area contributed by atoms with Crippen molar-refractivity contribution in [2.75, 3.05) is 17.9 Å². The molecule has 0 bridgehead atoms. The first-order valence-electron chi connectivity index (χ1n) is 8.25. The summed E-state index contributed by atoms with van der Waals surface area (Å²) in [7, 11) is 1.48. The predicted molar refractivity (Wildman–Crippen MR) is 111 cm³/mol. The number of halogens is 2. The number of carbonyl (C=O) groups is 2. The van der Waals surface area contributed by atoms with Gasteiger partial charge in [-0.1, -0.05) is 23.2 Å². The van der Waals surface area contributed by atoms with Gasteiger partial charge in [0.1, 0.15) is 0 Å². The van der Waals surface area contributed by atoms with Crippen LogP contribution >= 0.6 is 23.2 Å². The highest BCUT2D eigenvalue weighted by Gasteiger charge is 2.10. The summed E-state index contributed by atoms with van der Waals surface area (Å²) in [5.74, 6) is -0.237. The van der Waals surface area contributed by atoms with E-state index < -0.39 is 5.91 Å². The first kappa shape index (κ1) is 20.4. The largest absolute Gasteiger partial charge is 0.481 e. The van der Waals surface area contributed by atoms with E-state index in [4.69, 9.17) is 27.9 Å². The Balaban J connectivity index is 1.60. The van der Waals surface area contributed by atoms with Crippen LogP contribution in [0.1, 0.15) is 20.7 Å². The van der Waals surface area contributed by atoms with Crippen LogP contribution in [0.5, 0.6) is 5.88 Å². The second kappa shape index (κ2) is 9.22. The minimum absolute atomic E-state index is 0.182. The Morgan fingerprint density at radius 1 is 0.931 bits per heavy atom. The minimum atomic E-state index is -0.407. The molecule has 2 aromatic carbocycles. The van der Waals surface area contributed by atoms with Crippen LogP contribution in [0.2, 0.25) is 10.0 Å². The van der Waals surface area contributed by atoms with Gasteiger partial charge >= 0.3 is 0 Å². The Morgan fingerprint density at radius 2 is 1.62 bits per heavy atom. The van der Waals surface area contributed by atoms with E-state index in [1.54, 1.807) is 30.3 Å². The monoisotopic (exact) mass is 431 g/mol. The third kappa shape index (κ3) is 5.56. The van der Waals surface area contributed by atoms with Crippen molar-refractivity contribution < 1.29 is 14.3 Å². The number of hydrogen-bond donors (Lipinski definition) is 3. The Morgan fingerprint density at radius 3 is 2.28 bits per heavy atom.